The Morgan fingerprint density at radius 1 is 1.00 bits per heavy atom. The molecule has 2 aliphatic rings. The molecule has 1 heteroatoms. The van der Waals surface area contributed by atoms with Crippen LogP contribution in [0.3, 0.4) is 0 Å². The van der Waals surface area contributed by atoms with E-state index in [1.54, 1.807) is 0 Å². The molecule has 2 unspecified atom stereocenters. The highest BCUT2D eigenvalue weighted by Crippen LogP contribution is 2.40. The number of hydrogen-bond donors (Lipinski definition) is 1. The van der Waals surface area contributed by atoms with E-state index < -0.39 is 0 Å². The number of aryl methyl sites for hydroxylation is 1. The fourth-order valence-corrected chi connectivity index (χ4v) is 3.54. The van der Waals surface area contributed by atoms with Crippen LogP contribution < -0.4 is 5.32 Å². The number of nitrogens with one attached hydrogen (secondary N) is 1. The lowest BCUT2D eigenvalue weighted by Crippen LogP contribution is -2.12. The van der Waals surface area contributed by atoms with Crippen molar-refractivity contribution in [3.63, 3.8) is 0 Å². The topological polar surface area (TPSA) is 12.0 Å². The first kappa shape index (κ1) is 10.3. The average molecular weight is 215 g/mol. The van der Waals surface area contributed by atoms with E-state index in [1.165, 1.54) is 44.3 Å². The third-order valence-corrected chi connectivity index (χ3v) is 4.44. The summed E-state index contributed by atoms with van der Waals surface area (Å²) in [6, 6.07) is 10.9. The van der Waals surface area contributed by atoms with Crippen molar-refractivity contribution >= 4 is 0 Å². The van der Waals surface area contributed by atoms with E-state index in [2.05, 4.69) is 35.6 Å². The second kappa shape index (κ2) is 4.58. The van der Waals surface area contributed by atoms with E-state index in [4.69, 9.17) is 0 Å². The van der Waals surface area contributed by atoms with Gasteiger partial charge < -0.3 is 5.32 Å². The Bertz CT molecular complexity index is 321. The molecule has 1 saturated carbocycles. The van der Waals surface area contributed by atoms with E-state index in [9.17, 15) is 0 Å². The fourth-order valence-electron chi connectivity index (χ4n) is 3.54. The first-order chi connectivity index (χ1) is 7.92. The number of hydrogen-bond acceptors (Lipinski definition) is 1. The smallest absolute Gasteiger partial charge is 0.00172 e. The lowest BCUT2D eigenvalue weighted by molar-refractivity contribution is 0.459. The molecule has 0 amide bonds. The summed E-state index contributed by atoms with van der Waals surface area (Å²) in [5.41, 5.74) is 1.51. The van der Waals surface area contributed by atoms with E-state index in [1.807, 2.05) is 0 Å². The molecule has 1 N–H and O–H groups in total. The molecule has 0 spiro atoms. The first-order valence-electron chi connectivity index (χ1n) is 6.66. The summed E-state index contributed by atoms with van der Waals surface area (Å²) in [4.78, 5) is 0. The molecule has 1 aliphatic heterocycles. The maximum atomic E-state index is 3.52. The molecule has 0 bridgehead atoms. The molecule has 0 radical (unpaired) electrons. The molecule has 86 valence electrons. The van der Waals surface area contributed by atoms with Crippen LogP contribution in [0.4, 0.5) is 0 Å². The van der Waals surface area contributed by atoms with E-state index in [-0.39, 0.29) is 0 Å². The standard InChI is InChI=1S/C15H21N/c1-2-4-12(5-3-1)6-7-13-8-14-10-16-11-15(14)9-13/h1-5,13-16H,6-11H2. The zero-order valence-electron chi connectivity index (χ0n) is 9.86. The van der Waals surface area contributed by atoms with E-state index >= 15 is 0 Å². The van der Waals surface area contributed by atoms with Gasteiger partial charge >= 0.3 is 0 Å². The minimum absolute atomic E-state index is 0.998. The molecule has 1 saturated heterocycles. The van der Waals surface area contributed by atoms with Crippen molar-refractivity contribution in [3.05, 3.63) is 35.9 Å². The monoisotopic (exact) mass is 215 g/mol. The maximum absolute atomic E-state index is 3.52. The van der Waals surface area contributed by atoms with Crippen LogP contribution in [0.5, 0.6) is 0 Å². The average Bonchev–Trinajstić information content (AvgIpc) is 2.88. The van der Waals surface area contributed by atoms with Crippen LogP contribution in [0.25, 0.3) is 0 Å². The maximum Gasteiger partial charge on any atom is -0.00172 e. The molecular weight excluding hydrogens is 194 g/mol. The van der Waals surface area contributed by atoms with Crippen LogP contribution in [0.2, 0.25) is 0 Å². The third kappa shape index (κ3) is 2.15. The zero-order chi connectivity index (χ0) is 10.8. The van der Waals surface area contributed by atoms with Crippen molar-refractivity contribution in [2.45, 2.75) is 25.7 Å². The lowest BCUT2D eigenvalue weighted by Gasteiger charge is -2.10. The summed E-state index contributed by atoms with van der Waals surface area (Å²) in [6.45, 7) is 2.57. The Balaban J connectivity index is 1.50. The van der Waals surface area contributed by atoms with Gasteiger partial charge in [0.05, 0.1) is 0 Å². The molecule has 16 heavy (non-hydrogen) atoms. The van der Waals surface area contributed by atoms with Gasteiger partial charge in [0.25, 0.3) is 0 Å². The van der Waals surface area contributed by atoms with Crippen molar-refractivity contribution < 1.29 is 0 Å². The van der Waals surface area contributed by atoms with Gasteiger partial charge in [-0.05, 0) is 62.1 Å². The number of rotatable bonds is 3. The molecule has 2 atom stereocenters. The number of fused-ring (bicyclic) bond motifs is 1. The molecular formula is C15H21N. The molecule has 1 aromatic carbocycles. The van der Waals surface area contributed by atoms with Gasteiger partial charge in [-0.3, -0.25) is 0 Å². The summed E-state index contributed by atoms with van der Waals surface area (Å²) in [7, 11) is 0. The predicted octanol–water partition coefficient (Wildman–Crippen LogP) is 2.86. The van der Waals surface area contributed by atoms with Gasteiger partial charge in [-0.1, -0.05) is 30.3 Å². The Hall–Kier alpha value is -0.820. The highest BCUT2D eigenvalue weighted by molar-refractivity contribution is 5.14. The van der Waals surface area contributed by atoms with Crippen molar-refractivity contribution in [2.24, 2.45) is 17.8 Å². The summed E-state index contributed by atoms with van der Waals surface area (Å²) < 4.78 is 0. The van der Waals surface area contributed by atoms with Crippen molar-refractivity contribution in [1.82, 2.24) is 5.32 Å². The Morgan fingerprint density at radius 2 is 1.69 bits per heavy atom. The highest BCUT2D eigenvalue weighted by atomic mass is 14.9. The summed E-state index contributed by atoms with van der Waals surface area (Å²) in [6.07, 6.45) is 5.63. The normalized spacial score (nSPS) is 32.9. The van der Waals surface area contributed by atoms with Crippen LogP contribution in [-0.4, -0.2) is 13.1 Å². The summed E-state index contributed by atoms with van der Waals surface area (Å²) >= 11 is 0. The Morgan fingerprint density at radius 3 is 2.38 bits per heavy atom. The Labute approximate surface area is 98.3 Å². The minimum Gasteiger partial charge on any atom is -0.316 e. The highest BCUT2D eigenvalue weighted by Gasteiger charge is 2.36. The van der Waals surface area contributed by atoms with Gasteiger partial charge in [-0.15, -0.1) is 0 Å². The Kier molecular flexibility index (Phi) is 2.96. The SMILES string of the molecule is c1ccc(CCC2CC3CNCC3C2)cc1. The fraction of sp³-hybridized carbons (Fsp3) is 0.600. The summed E-state index contributed by atoms with van der Waals surface area (Å²) in [5.74, 6) is 3.00. The van der Waals surface area contributed by atoms with Crippen molar-refractivity contribution in [3.8, 4) is 0 Å². The first-order valence-corrected chi connectivity index (χ1v) is 6.66. The quantitative estimate of drug-likeness (QED) is 0.817. The molecule has 1 aliphatic carbocycles. The molecule has 1 aromatic rings. The number of benzene rings is 1. The minimum atomic E-state index is 0.998. The van der Waals surface area contributed by atoms with Crippen LogP contribution in [-0.2, 0) is 6.42 Å². The van der Waals surface area contributed by atoms with E-state index in [0.29, 0.717) is 0 Å². The molecule has 3 rings (SSSR count). The third-order valence-electron chi connectivity index (χ3n) is 4.44. The molecule has 0 aromatic heterocycles. The van der Waals surface area contributed by atoms with Gasteiger partial charge in [0.2, 0.25) is 0 Å². The van der Waals surface area contributed by atoms with Crippen LogP contribution in [0, 0.1) is 17.8 Å². The van der Waals surface area contributed by atoms with Crippen LogP contribution in [0.15, 0.2) is 30.3 Å². The summed E-state index contributed by atoms with van der Waals surface area (Å²) in [5, 5.41) is 3.52. The van der Waals surface area contributed by atoms with Gasteiger partial charge in [0.15, 0.2) is 0 Å². The van der Waals surface area contributed by atoms with Crippen molar-refractivity contribution in [1.29, 1.82) is 0 Å². The van der Waals surface area contributed by atoms with E-state index in [0.717, 1.165) is 17.8 Å². The zero-order valence-corrected chi connectivity index (χ0v) is 9.86. The van der Waals surface area contributed by atoms with Gasteiger partial charge in [-0.2, -0.15) is 0 Å². The van der Waals surface area contributed by atoms with Crippen LogP contribution >= 0.6 is 0 Å². The van der Waals surface area contributed by atoms with Crippen LogP contribution in [0.1, 0.15) is 24.8 Å². The molecule has 1 heterocycles. The molecule has 2 fully saturated rings. The predicted molar refractivity (Wildman–Crippen MR) is 67.3 cm³/mol. The van der Waals surface area contributed by atoms with Gasteiger partial charge in [0, 0.05) is 0 Å². The van der Waals surface area contributed by atoms with Gasteiger partial charge in [0.1, 0.15) is 0 Å². The molecule has 1 nitrogen and oxygen atoms in total. The van der Waals surface area contributed by atoms with Crippen molar-refractivity contribution in [2.75, 3.05) is 13.1 Å². The van der Waals surface area contributed by atoms with Gasteiger partial charge in [-0.25, -0.2) is 0 Å². The second-order valence-electron chi connectivity index (χ2n) is 5.54. The largest absolute Gasteiger partial charge is 0.316 e. The lowest BCUT2D eigenvalue weighted by atomic mass is 9.97. The second-order valence-corrected chi connectivity index (χ2v) is 5.54.